The van der Waals surface area contributed by atoms with Crippen LogP contribution in [0.2, 0.25) is 0 Å². The highest BCUT2D eigenvalue weighted by molar-refractivity contribution is 6.15. The third-order valence-corrected chi connectivity index (χ3v) is 7.05. The molecule has 0 N–H and O–H groups in total. The fourth-order valence-corrected chi connectivity index (χ4v) is 4.94. The maximum Gasteiger partial charge on any atom is 0.279 e. The van der Waals surface area contributed by atoms with Gasteiger partial charge in [0.25, 0.3) is 5.91 Å². The summed E-state index contributed by atoms with van der Waals surface area (Å²) < 4.78 is 37.0. The van der Waals surface area contributed by atoms with E-state index in [0.29, 0.717) is 23.4 Å². The number of carbonyl (C=O) groups is 1. The van der Waals surface area contributed by atoms with Crippen molar-refractivity contribution in [1.29, 1.82) is 0 Å². The molecule has 0 unspecified atom stereocenters. The molecule has 1 aromatic carbocycles. The first-order chi connectivity index (χ1) is 16.0. The second kappa shape index (κ2) is 9.04. The Labute approximate surface area is 199 Å². The van der Waals surface area contributed by atoms with Gasteiger partial charge in [0.15, 0.2) is 13.5 Å². The van der Waals surface area contributed by atoms with Gasteiger partial charge < -0.3 is 9.64 Å². The molecule has 34 heavy (non-hydrogen) atoms. The predicted octanol–water partition coefficient (Wildman–Crippen LogP) is 4.12. The standard InChI is InChI=1S/C24H32BF2N5O2/c1-14(2)15-6-8-17(9-7-15)32-12-16-10-20(21(34-5)11-19(16)28-32)31(4)23(33)22-18(24(25,26)27)13-30(3)29-22/h10-15,17H,6-9,25H2,1-5H3. The Hall–Kier alpha value is -2.91. The summed E-state index contributed by atoms with van der Waals surface area (Å²) in [6.45, 7) is 4.57. The lowest BCUT2D eigenvalue weighted by molar-refractivity contribution is 0.0872. The van der Waals surface area contributed by atoms with E-state index >= 15 is 0 Å². The van der Waals surface area contributed by atoms with E-state index in [9.17, 15) is 13.6 Å². The zero-order valence-electron chi connectivity index (χ0n) is 20.7. The average Bonchev–Trinajstić information content (AvgIpc) is 3.40. The van der Waals surface area contributed by atoms with Crippen molar-refractivity contribution in [3.8, 4) is 5.75 Å². The van der Waals surface area contributed by atoms with Crippen LogP contribution in [0.5, 0.6) is 5.75 Å². The molecule has 1 amide bonds. The molecule has 7 nitrogen and oxygen atoms in total. The zero-order chi connectivity index (χ0) is 24.8. The molecule has 0 aliphatic heterocycles. The van der Waals surface area contributed by atoms with Gasteiger partial charge in [-0.1, -0.05) is 13.8 Å². The molecule has 2 heterocycles. The minimum Gasteiger partial charge on any atom is -0.494 e. The smallest absolute Gasteiger partial charge is 0.279 e. The number of fused-ring (bicyclic) bond motifs is 1. The Morgan fingerprint density at radius 2 is 1.88 bits per heavy atom. The Kier molecular flexibility index (Phi) is 6.44. The molecule has 0 radical (unpaired) electrons. The van der Waals surface area contributed by atoms with Crippen molar-refractivity contribution in [3.63, 3.8) is 0 Å². The number of hydrogen-bond donors (Lipinski definition) is 0. The van der Waals surface area contributed by atoms with Crippen LogP contribution in [0.15, 0.2) is 24.5 Å². The lowest BCUT2D eigenvalue weighted by atomic mass is 9.80. The number of aryl methyl sites for hydroxylation is 1. The minimum atomic E-state index is -3.19. The van der Waals surface area contributed by atoms with E-state index in [0.717, 1.165) is 37.5 Å². The predicted molar refractivity (Wildman–Crippen MR) is 130 cm³/mol. The molecule has 1 saturated carbocycles. The van der Waals surface area contributed by atoms with Gasteiger partial charge in [0.1, 0.15) is 5.75 Å². The van der Waals surface area contributed by atoms with Crippen LogP contribution in [0.4, 0.5) is 14.5 Å². The summed E-state index contributed by atoms with van der Waals surface area (Å²) in [5.41, 5.74) is 0.555. The molecule has 1 fully saturated rings. The lowest BCUT2D eigenvalue weighted by Crippen LogP contribution is -2.29. The fraction of sp³-hybridized carbons (Fsp3) is 0.542. The number of methoxy groups -OCH3 is 1. The summed E-state index contributed by atoms with van der Waals surface area (Å²) in [5, 5.41) is 9.66. The number of alkyl halides is 2. The topological polar surface area (TPSA) is 65.2 Å². The number of halogens is 2. The largest absolute Gasteiger partial charge is 0.494 e. The molecule has 182 valence electrons. The van der Waals surface area contributed by atoms with Gasteiger partial charge >= 0.3 is 0 Å². The maximum absolute atomic E-state index is 14.1. The molecule has 0 spiro atoms. The molecule has 0 saturated heterocycles. The van der Waals surface area contributed by atoms with E-state index in [1.54, 1.807) is 6.07 Å². The van der Waals surface area contributed by atoms with Crippen molar-refractivity contribution in [2.45, 2.75) is 51.4 Å². The molecule has 4 rings (SSSR count). The normalized spacial score (nSPS) is 19.1. The van der Waals surface area contributed by atoms with Gasteiger partial charge in [0, 0.05) is 37.9 Å². The Morgan fingerprint density at radius 3 is 2.47 bits per heavy atom. The van der Waals surface area contributed by atoms with E-state index in [4.69, 9.17) is 9.84 Å². The van der Waals surface area contributed by atoms with Gasteiger partial charge in [0.2, 0.25) is 5.82 Å². The van der Waals surface area contributed by atoms with Crippen LogP contribution < -0.4 is 9.64 Å². The van der Waals surface area contributed by atoms with Crippen molar-refractivity contribution < 1.29 is 18.3 Å². The average molecular weight is 471 g/mol. The number of rotatable bonds is 6. The van der Waals surface area contributed by atoms with Crippen LogP contribution in [-0.4, -0.2) is 47.5 Å². The molecule has 1 aliphatic rings. The number of aromatic nitrogens is 4. The van der Waals surface area contributed by atoms with Crippen molar-refractivity contribution in [2.75, 3.05) is 19.1 Å². The molecular weight excluding hydrogens is 439 g/mol. The zero-order valence-corrected chi connectivity index (χ0v) is 20.7. The van der Waals surface area contributed by atoms with Crippen molar-refractivity contribution in [1.82, 2.24) is 19.6 Å². The second-order valence-electron chi connectivity index (χ2n) is 9.82. The molecule has 0 atom stereocenters. The van der Waals surface area contributed by atoms with Gasteiger partial charge in [-0.2, -0.15) is 10.2 Å². The number of nitrogens with zero attached hydrogens (tertiary/aromatic N) is 5. The third-order valence-electron chi connectivity index (χ3n) is 7.05. The van der Waals surface area contributed by atoms with Gasteiger partial charge in [-0.25, -0.2) is 8.78 Å². The van der Waals surface area contributed by atoms with Crippen LogP contribution in [0, 0.1) is 11.8 Å². The number of carbonyl (C=O) groups excluding carboxylic acids is 1. The van der Waals surface area contributed by atoms with Crippen molar-refractivity contribution in [2.24, 2.45) is 18.9 Å². The molecule has 3 aromatic rings. The van der Waals surface area contributed by atoms with Gasteiger partial charge in [-0.05, 0) is 43.6 Å². The Bertz CT molecular complexity index is 1190. The second-order valence-corrected chi connectivity index (χ2v) is 9.82. The number of amides is 1. The molecule has 10 heteroatoms. The summed E-state index contributed by atoms with van der Waals surface area (Å²) in [5.74, 6) is -1.92. The van der Waals surface area contributed by atoms with Crippen LogP contribution in [0.3, 0.4) is 0 Å². The lowest BCUT2D eigenvalue weighted by Gasteiger charge is -2.30. The van der Waals surface area contributed by atoms with Gasteiger partial charge in [-0.3, -0.25) is 14.2 Å². The Morgan fingerprint density at radius 1 is 1.21 bits per heavy atom. The highest BCUT2D eigenvalue weighted by Gasteiger charge is 2.34. The number of hydrogen-bond acceptors (Lipinski definition) is 4. The van der Waals surface area contributed by atoms with E-state index in [1.807, 2.05) is 16.9 Å². The maximum atomic E-state index is 14.1. The van der Waals surface area contributed by atoms with Crippen molar-refractivity contribution >= 4 is 30.3 Å². The van der Waals surface area contributed by atoms with Crippen LogP contribution >= 0.6 is 0 Å². The first-order valence-electron chi connectivity index (χ1n) is 11.8. The van der Waals surface area contributed by atoms with E-state index in [-0.39, 0.29) is 5.69 Å². The third kappa shape index (κ3) is 4.54. The van der Waals surface area contributed by atoms with Crippen LogP contribution in [0.1, 0.15) is 61.6 Å². The highest BCUT2D eigenvalue weighted by Crippen LogP contribution is 2.38. The van der Waals surface area contributed by atoms with E-state index in [2.05, 4.69) is 18.9 Å². The van der Waals surface area contributed by atoms with Crippen LogP contribution in [0.25, 0.3) is 10.9 Å². The molecule has 2 aromatic heterocycles. The first kappa shape index (κ1) is 24.2. The summed E-state index contributed by atoms with van der Waals surface area (Å²) in [7, 11) is 5.33. The van der Waals surface area contributed by atoms with E-state index < -0.39 is 17.3 Å². The fourth-order valence-electron chi connectivity index (χ4n) is 4.94. The molecule has 0 bridgehead atoms. The summed E-state index contributed by atoms with van der Waals surface area (Å²) in [4.78, 5) is 14.5. The Balaban J connectivity index is 1.65. The SMILES string of the molecule is BC(F)(F)c1cn(C)nc1C(=O)N(C)c1cc2cn(C3CCC(C(C)C)CC3)nc2cc1OC. The molecule has 1 aliphatic carbocycles. The number of ether oxygens (including phenoxy) is 1. The summed E-state index contributed by atoms with van der Waals surface area (Å²) >= 11 is 0. The number of benzene rings is 1. The van der Waals surface area contributed by atoms with E-state index in [1.165, 1.54) is 49.8 Å². The first-order valence-corrected chi connectivity index (χ1v) is 11.8. The van der Waals surface area contributed by atoms with Gasteiger partial charge in [0.05, 0.1) is 29.9 Å². The summed E-state index contributed by atoms with van der Waals surface area (Å²) in [6.07, 6.45) is 7.75. The monoisotopic (exact) mass is 471 g/mol. The number of anilines is 1. The highest BCUT2D eigenvalue weighted by atomic mass is 19.3. The van der Waals surface area contributed by atoms with Crippen LogP contribution in [-0.2, 0) is 12.9 Å². The quantitative estimate of drug-likeness (QED) is 0.508. The van der Waals surface area contributed by atoms with Crippen molar-refractivity contribution in [3.05, 3.63) is 35.8 Å². The minimum absolute atomic E-state index is 0.280. The summed E-state index contributed by atoms with van der Waals surface area (Å²) in [6, 6.07) is 3.96. The van der Waals surface area contributed by atoms with Gasteiger partial charge in [-0.15, -0.1) is 0 Å². The molecular formula is C24H32BF2N5O2.